The first-order chi connectivity index (χ1) is 11.2. The number of rotatable bonds is 6. The van der Waals surface area contributed by atoms with Crippen molar-refractivity contribution in [3.05, 3.63) is 29.6 Å². The van der Waals surface area contributed by atoms with E-state index in [-0.39, 0.29) is 11.7 Å². The third kappa shape index (κ3) is 4.02. The summed E-state index contributed by atoms with van der Waals surface area (Å²) in [6.07, 6.45) is 4.61. The van der Waals surface area contributed by atoms with Crippen LogP contribution in [0.4, 0.5) is 4.39 Å². The highest BCUT2D eigenvalue weighted by Crippen LogP contribution is 2.28. The highest BCUT2D eigenvalue weighted by atomic mass is 19.1. The van der Waals surface area contributed by atoms with Gasteiger partial charge in [-0.15, -0.1) is 0 Å². The molecule has 1 N–H and O–H groups in total. The molecule has 1 aromatic rings. The van der Waals surface area contributed by atoms with Crippen LogP contribution in [0.3, 0.4) is 0 Å². The second kappa shape index (κ2) is 7.30. The number of hydrogen-bond donors (Lipinski definition) is 1. The minimum absolute atomic E-state index is 0.0778. The van der Waals surface area contributed by atoms with Crippen molar-refractivity contribution in [2.45, 2.75) is 38.6 Å². The molecule has 1 aliphatic heterocycles. The number of halogens is 1. The Bertz CT molecular complexity index is 552. The van der Waals surface area contributed by atoms with Gasteiger partial charge >= 0.3 is 0 Å². The summed E-state index contributed by atoms with van der Waals surface area (Å²) >= 11 is 0. The maximum absolute atomic E-state index is 13.9. The molecule has 0 atom stereocenters. The normalized spacial score (nSPS) is 19.0. The lowest BCUT2D eigenvalue weighted by Gasteiger charge is -2.33. The van der Waals surface area contributed by atoms with Crippen LogP contribution in [-0.4, -0.2) is 43.1 Å². The summed E-state index contributed by atoms with van der Waals surface area (Å²) in [6, 6.07) is 5.04. The van der Waals surface area contributed by atoms with E-state index in [0.29, 0.717) is 31.3 Å². The summed E-state index contributed by atoms with van der Waals surface area (Å²) in [6.45, 7) is 4.66. The molecular formula is C18H25FN2O2. The number of amides is 1. The number of benzene rings is 1. The van der Waals surface area contributed by atoms with Gasteiger partial charge < -0.3 is 15.0 Å². The number of carbonyl (C=O) groups excluding carboxylic acids is 1. The fourth-order valence-electron chi connectivity index (χ4n) is 3.08. The van der Waals surface area contributed by atoms with Crippen molar-refractivity contribution >= 4 is 5.91 Å². The Morgan fingerprint density at radius 1 is 1.30 bits per heavy atom. The van der Waals surface area contributed by atoms with Gasteiger partial charge in [-0.2, -0.15) is 0 Å². The SMILES string of the molecule is CCOc1c(F)cccc1C(=O)N1CCC(NCC2CC2)CC1. The number of likely N-dealkylation sites (tertiary alicyclic amines) is 1. The molecule has 126 valence electrons. The number of carbonyl (C=O) groups is 1. The van der Waals surface area contributed by atoms with Gasteiger partial charge in [0.1, 0.15) is 0 Å². The molecule has 1 saturated carbocycles. The Morgan fingerprint density at radius 2 is 2.04 bits per heavy atom. The molecule has 23 heavy (non-hydrogen) atoms. The molecule has 1 aromatic carbocycles. The van der Waals surface area contributed by atoms with Crippen molar-refractivity contribution in [3.8, 4) is 5.75 Å². The van der Waals surface area contributed by atoms with Crippen LogP contribution in [0.15, 0.2) is 18.2 Å². The molecule has 1 heterocycles. The summed E-state index contributed by atoms with van der Waals surface area (Å²) in [4.78, 5) is 14.5. The Morgan fingerprint density at radius 3 is 2.70 bits per heavy atom. The van der Waals surface area contributed by atoms with Crippen LogP contribution in [0, 0.1) is 11.7 Å². The lowest BCUT2D eigenvalue weighted by Crippen LogP contribution is -2.45. The average molecular weight is 320 g/mol. The Balaban J connectivity index is 1.59. The number of para-hydroxylation sites is 1. The molecule has 1 aliphatic carbocycles. The largest absolute Gasteiger partial charge is 0.490 e. The van der Waals surface area contributed by atoms with Gasteiger partial charge in [-0.25, -0.2) is 4.39 Å². The van der Waals surface area contributed by atoms with Crippen LogP contribution in [0.2, 0.25) is 0 Å². The predicted molar refractivity (Wildman–Crippen MR) is 87.2 cm³/mol. The van der Waals surface area contributed by atoms with E-state index < -0.39 is 5.82 Å². The Kier molecular flexibility index (Phi) is 5.16. The maximum Gasteiger partial charge on any atom is 0.257 e. The van der Waals surface area contributed by atoms with Crippen molar-refractivity contribution in [1.82, 2.24) is 10.2 Å². The zero-order valence-corrected chi connectivity index (χ0v) is 13.7. The first kappa shape index (κ1) is 16.2. The van der Waals surface area contributed by atoms with Crippen LogP contribution in [0.25, 0.3) is 0 Å². The number of piperidine rings is 1. The second-order valence-corrected chi connectivity index (χ2v) is 6.47. The van der Waals surface area contributed by atoms with E-state index in [1.807, 2.05) is 4.90 Å². The van der Waals surface area contributed by atoms with Crippen LogP contribution in [0.5, 0.6) is 5.75 Å². The van der Waals surface area contributed by atoms with E-state index in [1.54, 1.807) is 19.1 Å². The molecular weight excluding hydrogens is 295 g/mol. The van der Waals surface area contributed by atoms with E-state index in [9.17, 15) is 9.18 Å². The Labute approximate surface area is 137 Å². The van der Waals surface area contributed by atoms with Gasteiger partial charge in [-0.05, 0) is 57.2 Å². The average Bonchev–Trinajstić information content (AvgIpc) is 3.39. The van der Waals surface area contributed by atoms with Gasteiger partial charge in [0, 0.05) is 19.1 Å². The second-order valence-electron chi connectivity index (χ2n) is 6.47. The van der Waals surface area contributed by atoms with E-state index in [0.717, 1.165) is 25.3 Å². The fourth-order valence-corrected chi connectivity index (χ4v) is 3.08. The summed E-state index contributed by atoms with van der Waals surface area (Å²) in [5.74, 6) is 0.344. The number of nitrogens with zero attached hydrogens (tertiary/aromatic N) is 1. The third-order valence-electron chi connectivity index (χ3n) is 4.66. The molecule has 0 spiro atoms. The minimum Gasteiger partial charge on any atom is -0.490 e. The predicted octanol–water partition coefficient (Wildman–Crippen LogP) is 2.83. The van der Waals surface area contributed by atoms with Gasteiger partial charge in [0.25, 0.3) is 5.91 Å². The highest BCUT2D eigenvalue weighted by Gasteiger charge is 2.28. The van der Waals surface area contributed by atoms with Gasteiger partial charge in [0.05, 0.1) is 12.2 Å². The zero-order chi connectivity index (χ0) is 16.2. The van der Waals surface area contributed by atoms with Crippen LogP contribution < -0.4 is 10.1 Å². The summed E-state index contributed by atoms with van der Waals surface area (Å²) in [5, 5.41) is 3.60. The summed E-state index contributed by atoms with van der Waals surface area (Å²) in [5.41, 5.74) is 0.330. The van der Waals surface area contributed by atoms with Gasteiger partial charge in [0.15, 0.2) is 11.6 Å². The lowest BCUT2D eigenvalue weighted by molar-refractivity contribution is 0.0700. The molecule has 0 unspecified atom stereocenters. The van der Waals surface area contributed by atoms with E-state index in [2.05, 4.69) is 5.32 Å². The van der Waals surface area contributed by atoms with Crippen molar-refractivity contribution in [1.29, 1.82) is 0 Å². The molecule has 0 radical (unpaired) electrons. The monoisotopic (exact) mass is 320 g/mol. The molecule has 3 rings (SSSR count). The van der Waals surface area contributed by atoms with Crippen molar-refractivity contribution in [3.63, 3.8) is 0 Å². The molecule has 1 amide bonds. The van der Waals surface area contributed by atoms with E-state index >= 15 is 0 Å². The van der Waals surface area contributed by atoms with Crippen molar-refractivity contribution < 1.29 is 13.9 Å². The maximum atomic E-state index is 13.9. The smallest absolute Gasteiger partial charge is 0.257 e. The zero-order valence-electron chi connectivity index (χ0n) is 13.7. The lowest BCUT2D eigenvalue weighted by atomic mass is 10.0. The number of nitrogens with one attached hydrogen (secondary N) is 1. The molecule has 1 saturated heterocycles. The van der Waals surface area contributed by atoms with Crippen LogP contribution in [0.1, 0.15) is 43.0 Å². The molecule has 5 heteroatoms. The van der Waals surface area contributed by atoms with Gasteiger partial charge in [-0.1, -0.05) is 6.07 Å². The third-order valence-corrected chi connectivity index (χ3v) is 4.66. The van der Waals surface area contributed by atoms with Crippen molar-refractivity contribution in [2.24, 2.45) is 5.92 Å². The fraction of sp³-hybridized carbons (Fsp3) is 0.611. The summed E-state index contributed by atoms with van der Waals surface area (Å²) in [7, 11) is 0. The first-order valence-corrected chi connectivity index (χ1v) is 8.63. The number of hydrogen-bond acceptors (Lipinski definition) is 3. The topological polar surface area (TPSA) is 41.6 Å². The highest BCUT2D eigenvalue weighted by molar-refractivity contribution is 5.97. The van der Waals surface area contributed by atoms with E-state index in [1.165, 1.54) is 18.9 Å². The van der Waals surface area contributed by atoms with Gasteiger partial charge in [-0.3, -0.25) is 4.79 Å². The number of ether oxygens (including phenoxy) is 1. The Hall–Kier alpha value is -1.62. The molecule has 0 bridgehead atoms. The molecule has 0 aromatic heterocycles. The molecule has 2 fully saturated rings. The van der Waals surface area contributed by atoms with Crippen LogP contribution in [-0.2, 0) is 0 Å². The standard InChI is InChI=1S/C18H25FN2O2/c1-2-23-17-15(4-3-5-16(17)19)18(22)21-10-8-14(9-11-21)20-12-13-6-7-13/h3-5,13-14,20H,2,6-12H2,1H3. The quantitative estimate of drug-likeness (QED) is 0.876. The minimum atomic E-state index is -0.473. The molecule has 4 nitrogen and oxygen atoms in total. The first-order valence-electron chi connectivity index (χ1n) is 8.63. The molecule has 2 aliphatic rings. The van der Waals surface area contributed by atoms with E-state index in [4.69, 9.17) is 4.74 Å². The van der Waals surface area contributed by atoms with Crippen LogP contribution >= 0.6 is 0 Å². The van der Waals surface area contributed by atoms with Gasteiger partial charge in [0.2, 0.25) is 0 Å². The van der Waals surface area contributed by atoms with Crippen molar-refractivity contribution in [2.75, 3.05) is 26.2 Å². The summed E-state index contributed by atoms with van der Waals surface area (Å²) < 4.78 is 19.2.